The van der Waals surface area contributed by atoms with Gasteiger partial charge in [-0.15, -0.1) is 0 Å². The zero-order valence-electron chi connectivity index (χ0n) is 19.3. The summed E-state index contributed by atoms with van der Waals surface area (Å²) in [4.78, 5) is 42.0. The second-order valence-corrected chi connectivity index (χ2v) is 7.90. The van der Waals surface area contributed by atoms with Crippen LogP contribution >= 0.6 is 0 Å². The zero-order valence-corrected chi connectivity index (χ0v) is 19.3. The fourth-order valence-corrected chi connectivity index (χ4v) is 3.78. The molecule has 1 heterocycles. The minimum atomic E-state index is -0.754. The normalized spacial score (nSPS) is 10.9. The lowest BCUT2D eigenvalue weighted by Gasteiger charge is -2.24. The summed E-state index contributed by atoms with van der Waals surface area (Å²) in [6.45, 7) is 0.0525. The molecule has 0 radical (unpaired) electrons. The predicted octanol–water partition coefficient (Wildman–Crippen LogP) is 2.53. The third-order valence-electron chi connectivity index (χ3n) is 5.57. The molecule has 0 fully saturated rings. The standard InChI is InChI=1S/C26H26N4O5/c1-34-14-13-29-24(27)23(25(32)28-26(29)33)30(16-18-7-3-2-4-8-18)22(31)17-35-21-12-11-19-9-5-6-10-20(19)15-21/h2-12,15H,13-14,16-17,27H2,1H3,(H,28,32,33). The first kappa shape index (κ1) is 23.8. The lowest BCUT2D eigenvalue weighted by molar-refractivity contribution is -0.120. The molecule has 0 saturated carbocycles. The topological polar surface area (TPSA) is 120 Å². The van der Waals surface area contributed by atoms with Crippen molar-refractivity contribution in [3.05, 3.63) is 99.2 Å². The van der Waals surface area contributed by atoms with Crippen LogP contribution in [-0.2, 0) is 22.6 Å². The van der Waals surface area contributed by atoms with Crippen molar-refractivity contribution >= 4 is 28.2 Å². The molecule has 35 heavy (non-hydrogen) atoms. The highest BCUT2D eigenvalue weighted by Crippen LogP contribution is 2.22. The summed E-state index contributed by atoms with van der Waals surface area (Å²) in [5, 5.41) is 2.03. The SMILES string of the molecule is COCCn1c(N)c(N(Cc2ccccc2)C(=O)COc2ccc3ccccc3c2)c(=O)[nH]c1=O. The summed E-state index contributed by atoms with van der Waals surface area (Å²) in [5.74, 6) is -0.0920. The Morgan fingerprint density at radius 1 is 1.00 bits per heavy atom. The van der Waals surface area contributed by atoms with Gasteiger partial charge in [0.25, 0.3) is 11.5 Å². The Bertz CT molecular complexity index is 1450. The van der Waals surface area contributed by atoms with Gasteiger partial charge in [0.15, 0.2) is 12.3 Å². The Balaban J connectivity index is 1.66. The molecule has 3 aromatic carbocycles. The van der Waals surface area contributed by atoms with Gasteiger partial charge in [0.2, 0.25) is 0 Å². The maximum atomic E-state index is 13.4. The van der Waals surface area contributed by atoms with Crippen LogP contribution in [0.4, 0.5) is 11.5 Å². The number of nitrogens with two attached hydrogens (primary N) is 1. The summed E-state index contributed by atoms with van der Waals surface area (Å²) in [6.07, 6.45) is 0. The first-order valence-corrected chi connectivity index (χ1v) is 11.1. The molecule has 1 amide bonds. The van der Waals surface area contributed by atoms with E-state index >= 15 is 0 Å². The number of H-pyrrole nitrogens is 1. The molecular formula is C26H26N4O5. The molecular weight excluding hydrogens is 448 g/mol. The Kier molecular flexibility index (Phi) is 7.27. The average Bonchev–Trinajstić information content (AvgIpc) is 2.87. The van der Waals surface area contributed by atoms with Gasteiger partial charge in [0.05, 0.1) is 19.7 Å². The molecule has 0 atom stereocenters. The predicted molar refractivity (Wildman–Crippen MR) is 135 cm³/mol. The van der Waals surface area contributed by atoms with E-state index in [2.05, 4.69) is 4.98 Å². The van der Waals surface area contributed by atoms with Gasteiger partial charge < -0.3 is 15.2 Å². The van der Waals surface area contributed by atoms with Crippen molar-refractivity contribution < 1.29 is 14.3 Å². The second-order valence-electron chi connectivity index (χ2n) is 7.90. The van der Waals surface area contributed by atoms with E-state index < -0.39 is 17.2 Å². The third-order valence-corrected chi connectivity index (χ3v) is 5.57. The number of anilines is 2. The van der Waals surface area contributed by atoms with Gasteiger partial charge in [-0.1, -0.05) is 60.7 Å². The smallest absolute Gasteiger partial charge is 0.330 e. The highest BCUT2D eigenvalue weighted by Gasteiger charge is 2.25. The molecule has 9 nitrogen and oxygen atoms in total. The van der Waals surface area contributed by atoms with Gasteiger partial charge >= 0.3 is 5.69 Å². The van der Waals surface area contributed by atoms with E-state index in [0.717, 1.165) is 16.3 Å². The van der Waals surface area contributed by atoms with E-state index in [9.17, 15) is 14.4 Å². The molecule has 180 valence electrons. The maximum absolute atomic E-state index is 13.4. The number of aromatic nitrogens is 2. The second kappa shape index (κ2) is 10.7. The van der Waals surface area contributed by atoms with E-state index in [4.69, 9.17) is 15.2 Å². The van der Waals surface area contributed by atoms with Crippen LogP contribution in [0.3, 0.4) is 0 Å². The third kappa shape index (κ3) is 5.42. The minimum Gasteiger partial charge on any atom is -0.484 e. The van der Waals surface area contributed by atoms with Gasteiger partial charge in [0.1, 0.15) is 11.6 Å². The number of aromatic amines is 1. The van der Waals surface area contributed by atoms with Crippen LogP contribution in [0, 0.1) is 0 Å². The molecule has 0 aliphatic rings. The Morgan fingerprint density at radius 2 is 1.71 bits per heavy atom. The number of hydrogen-bond acceptors (Lipinski definition) is 6. The summed E-state index contributed by atoms with van der Waals surface area (Å²) in [7, 11) is 1.49. The number of fused-ring (bicyclic) bond motifs is 1. The van der Waals surface area contributed by atoms with Crippen LogP contribution in [0.25, 0.3) is 10.8 Å². The van der Waals surface area contributed by atoms with E-state index in [-0.39, 0.29) is 37.8 Å². The van der Waals surface area contributed by atoms with Crippen LogP contribution in [0.15, 0.2) is 82.4 Å². The Morgan fingerprint density at radius 3 is 2.46 bits per heavy atom. The van der Waals surface area contributed by atoms with Crippen LogP contribution < -0.4 is 26.6 Å². The van der Waals surface area contributed by atoms with Gasteiger partial charge in [-0.25, -0.2) is 4.79 Å². The molecule has 0 unspecified atom stereocenters. The number of nitrogens with zero attached hydrogens (tertiary/aromatic N) is 2. The Hall–Kier alpha value is -4.37. The Labute approximate surface area is 201 Å². The number of methoxy groups -OCH3 is 1. The van der Waals surface area contributed by atoms with Gasteiger partial charge in [-0.2, -0.15) is 0 Å². The van der Waals surface area contributed by atoms with Crippen molar-refractivity contribution in [1.29, 1.82) is 0 Å². The lowest BCUT2D eigenvalue weighted by Crippen LogP contribution is -2.42. The van der Waals surface area contributed by atoms with Crippen LogP contribution in [0.5, 0.6) is 5.75 Å². The monoisotopic (exact) mass is 474 g/mol. The molecule has 1 aromatic heterocycles. The van der Waals surface area contributed by atoms with E-state index in [0.29, 0.717) is 5.75 Å². The molecule has 9 heteroatoms. The first-order valence-electron chi connectivity index (χ1n) is 11.1. The van der Waals surface area contributed by atoms with Crippen molar-refractivity contribution in [2.45, 2.75) is 13.1 Å². The van der Waals surface area contributed by atoms with Gasteiger partial charge in [-0.3, -0.25) is 24.0 Å². The quantitative estimate of drug-likeness (QED) is 0.385. The number of amides is 1. The number of carbonyl (C=O) groups is 1. The highest BCUT2D eigenvalue weighted by molar-refractivity contribution is 5.96. The summed E-state index contributed by atoms with van der Waals surface area (Å²) in [5.41, 5.74) is 5.48. The van der Waals surface area contributed by atoms with Crippen molar-refractivity contribution in [1.82, 2.24) is 9.55 Å². The molecule has 0 bridgehead atoms. The van der Waals surface area contributed by atoms with Crippen LogP contribution in [0.1, 0.15) is 5.56 Å². The zero-order chi connectivity index (χ0) is 24.8. The molecule has 3 N–H and O–H groups in total. The fourth-order valence-electron chi connectivity index (χ4n) is 3.78. The fraction of sp³-hybridized carbons (Fsp3) is 0.192. The van der Waals surface area contributed by atoms with Gasteiger partial charge in [0, 0.05) is 7.11 Å². The number of rotatable bonds is 9. The molecule has 0 saturated heterocycles. The van der Waals surface area contributed by atoms with E-state index in [1.807, 2.05) is 66.7 Å². The van der Waals surface area contributed by atoms with E-state index in [1.165, 1.54) is 16.6 Å². The number of carbonyl (C=O) groups excluding carboxylic acids is 1. The lowest BCUT2D eigenvalue weighted by atomic mass is 10.1. The van der Waals surface area contributed by atoms with Crippen LogP contribution in [-0.4, -0.2) is 35.8 Å². The van der Waals surface area contributed by atoms with E-state index in [1.54, 1.807) is 6.07 Å². The van der Waals surface area contributed by atoms with Crippen molar-refractivity contribution in [3.63, 3.8) is 0 Å². The summed E-state index contributed by atoms with van der Waals surface area (Å²) < 4.78 is 12.0. The van der Waals surface area contributed by atoms with Crippen molar-refractivity contribution in [3.8, 4) is 5.75 Å². The molecule has 0 spiro atoms. The molecule has 4 rings (SSSR count). The van der Waals surface area contributed by atoms with Crippen molar-refractivity contribution in [2.75, 3.05) is 31.0 Å². The number of hydrogen-bond donors (Lipinski definition) is 2. The highest BCUT2D eigenvalue weighted by atomic mass is 16.5. The minimum absolute atomic E-state index is 0.0660. The summed E-state index contributed by atoms with van der Waals surface area (Å²) >= 11 is 0. The maximum Gasteiger partial charge on any atom is 0.330 e. The number of nitrogens with one attached hydrogen (secondary N) is 1. The summed E-state index contributed by atoms with van der Waals surface area (Å²) in [6, 6.07) is 22.5. The molecule has 4 aromatic rings. The van der Waals surface area contributed by atoms with Gasteiger partial charge in [-0.05, 0) is 28.5 Å². The largest absolute Gasteiger partial charge is 0.484 e. The van der Waals surface area contributed by atoms with Crippen molar-refractivity contribution in [2.24, 2.45) is 0 Å². The molecule has 0 aliphatic carbocycles. The van der Waals surface area contributed by atoms with Crippen LogP contribution in [0.2, 0.25) is 0 Å². The number of ether oxygens (including phenoxy) is 2. The number of nitrogen functional groups attached to an aromatic ring is 1. The first-order chi connectivity index (χ1) is 17.0. The average molecular weight is 475 g/mol. The molecule has 0 aliphatic heterocycles. The number of benzene rings is 3.